The smallest absolute Gasteiger partial charge is 0.254 e. The third-order valence-electron chi connectivity index (χ3n) is 2.97. The Labute approximate surface area is 115 Å². The molecule has 102 valence electrons. The van der Waals surface area contributed by atoms with Crippen molar-refractivity contribution in [1.82, 2.24) is 4.90 Å². The summed E-state index contributed by atoms with van der Waals surface area (Å²) in [5.41, 5.74) is 7.92. The van der Waals surface area contributed by atoms with E-state index in [2.05, 4.69) is 18.8 Å². The number of hydrogen-bond donors (Lipinski definition) is 1. The van der Waals surface area contributed by atoms with Crippen LogP contribution in [0.3, 0.4) is 0 Å². The number of aryl methyl sites for hydroxylation is 1. The van der Waals surface area contributed by atoms with Gasteiger partial charge >= 0.3 is 0 Å². The number of rotatable bonds is 4. The lowest BCUT2D eigenvalue weighted by Gasteiger charge is -2.21. The Hall–Kier alpha value is -1.79. The summed E-state index contributed by atoms with van der Waals surface area (Å²) in [4.78, 5) is 14.3. The van der Waals surface area contributed by atoms with E-state index in [1.165, 1.54) is 0 Å². The summed E-state index contributed by atoms with van der Waals surface area (Å²) in [5, 5.41) is 0. The Bertz CT molecular complexity index is 497. The van der Waals surface area contributed by atoms with Gasteiger partial charge in [-0.25, -0.2) is 0 Å². The topological polar surface area (TPSA) is 46.3 Å². The van der Waals surface area contributed by atoms with Gasteiger partial charge in [0.05, 0.1) is 6.54 Å². The second kappa shape index (κ2) is 7.60. The van der Waals surface area contributed by atoms with Crippen LogP contribution in [0, 0.1) is 18.8 Å². The van der Waals surface area contributed by atoms with E-state index in [0.717, 1.165) is 36.2 Å². The van der Waals surface area contributed by atoms with Crippen molar-refractivity contribution in [1.29, 1.82) is 0 Å². The Kier molecular flexibility index (Phi) is 6.11. The molecule has 1 aromatic carbocycles. The van der Waals surface area contributed by atoms with Crippen molar-refractivity contribution in [2.24, 2.45) is 5.73 Å². The molecule has 0 spiro atoms. The predicted octanol–water partition coefficient (Wildman–Crippen LogP) is 2.18. The van der Waals surface area contributed by atoms with Crippen LogP contribution in [0.25, 0.3) is 0 Å². The first-order valence-corrected chi connectivity index (χ1v) is 6.72. The minimum absolute atomic E-state index is 0.0817. The monoisotopic (exact) mass is 258 g/mol. The van der Waals surface area contributed by atoms with Crippen LogP contribution in [0.2, 0.25) is 0 Å². The molecular formula is C16H22N2O. The van der Waals surface area contributed by atoms with E-state index in [4.69, 9.17) is 5.73 Å². The molecular weight excluding hydrogens is 236 g/mol. The molecule has 0 atom stereocenters. The maximum absolute atomic E-state index is 12.5. The van der Waals surface area contributed by atoms with Gasteiger partial charge in [0.15, 0.2) is 0 Å². The van der Waals surface area contributed by atoms with Gasteiger partial charge in [0.2, 0.25) is 0 Å². The van der Waals surface area contributed by atoms with Crippen molar-refractivity contribution in [3.05, 3.63) is 34.9 Å². The van der Waals surface area contributed by atoms with Crippen LogP contribution in [-0.4, -0.2) is 30.4 Å². The highest BCUT2D eigenvalue weighted by molar-refractivity contribution is 5.96. The molecule has 0 aliphatic carbocycles. The third kappa shape index (κ3) is 4.11. The summed E-state index contributed by atoms with van der Waals surface area (Å²) in [7, 11) is 0. The Balaban J connectivity index is 3.07. The zero-order valence-corrected chi connectivity index (χ0v) is 12.0. The fourth-order valence-corrected chi connectivity index (χ4v) is 1.93. The Morgan fingerprint density at radius 3 is 2.68 bits per heavy atom. The summed E-state index contributed by atoms with van der Waals surface area (Å²) in [6.07, 6.45) is 0.964. The molecule has 19 heavy (non-hydrogen) atoms. The molecule has 2 N–H and O–H groups in total. The van der Waals surface area contributed by atoms with Gasteiger partial charge in [0.25, 0.3) is 5.91 Å². The highest BCUT2D eigenvalue weighted by Crippen LogP contribution is 2.14. The minimum atomic E-state index is 0.0817. The van der Waals surface area contributed by atoms with Gasteiger partial charge in [-0.05, 0) is 38.0 Å². The van der Waals surface area contributed by atoms with E-state index >= 15 is 0 Å². The number of carbonyl (C=O) groups excluding carboxylic acids is 1. The van der Waals surface area contributed by atoms with Crippen molar-refractivity contribution >= 4 is 5.91 Å². The molecule has 0 aromatic heterocycles. The summed E-state index contributed by atoms with van der Waals surface area (Å²) in [6.45, 7) is 7.87. The third-order valence-corrected chi connectivity index (χ3v) is 2.97. The summed E-state index contributed by atoms with van der Waals surface area (Å²) in [5.74, 6) is 5.86. The molecule has 0 aliphatic rings. The fraction of sp³-hybridized carbons (Fsp3) is 0.438. The van der Waals surface area contributed by atoms with E-state index in [9.17, 15) is 4.79 Å². The number of benzene rings is 1. The van der Waals surface area contributed by atoms with Gasteiger partial charge in [0.1, 0.15) is 0 Å². The number of hydrogen-bond acceptors (Lipinski definition) is 2. The van der Waals surface area contributed by atoms with Gasteiger partial charge in [-0.15, -0.1) is 0 Å². The van der Waals surface area contributed by atoms with Crippen LogP contribution in [0.4, 0.5) is 0 Å². The molecule has 3 heteroatoms. The summed E-state index contributed by atoms with van der Waals surface area (Å²) < 4.78 is 0. The standard InChI is InChI=1S/C16H22N2O/c1-4-11-18(5-2)16(19)15-12-14(7-6-10-17)9-8-13(15)3/h8-9,12H,4-5,10-11,17H2,1-3H3. The molecule has 1 aromatic rings. The van der Waals surface area contributed by atoms with E-state index in [-0.39, 0.29) is 5.91 Å². The first kappa shape index (κ1) is 15.3. The highest BCUT2D eigenvalue weighted by atomic mass is 16.2. The van der Waals surface area contributed by atoms with Crippen molar-refractivity contribution in [2.45, 2.75) is 27.2 Å². The summed E-state index contributed by atoms with van der Waals surface area (Å²) in [6, 6.07) is 5.72. The maximum atomic E-state index is 12.5. The lowest BCUT2D eigenvalue weighted by Crippen LogP contribution is -2.32. The van der Waals surface area contributed by atoms with Crippen LogP contribution in [-0.2, 0) is 0 Å². The second-order valence-corrected chi connectivity index (χ2v) is 4.42. The fourth-order valence-electron chi connectivity index (χ4n) is 1.93. The minimum Gasteiger partial charge on any atom is -0.339 e. The number of amides is 1. The lowest BCUT2D eigenvalue weighted by molar-refractivity contribution is 0.0763. The second-order valence-electron chi connectivity index (χ2n) is 4.42. The molecule has 0 unspecified atom stereocenters. The predicted molar refractivity (Wildman–Crippen MR) is 79.0 cm³/mol. The Morgan fingerprint density at radius 1 is 1.37 bits per heavy atom. The molecule has 0 fully saturated rings. The average Bonchev–Trinajstić information content (AvgIpc) is 2.43. The normalized spacial score (nSPS) is 9.68. The molecule has 1 rings (SSSR count). The lowest BCUT2D eigenvalue weighted by atomic mass is 10.0. The Morgan fingerprint density at radius 2 is 2.11 bits per heavy atom. The zero-order chi connectivity index (χ0) is 14.3. The molecule has 0 heterocycles. The molecule has 1 amide bonds. The van der Waals surface area contributed by atoms with Gasteiger partial charge < -0.3 is 10.6 Å². The van der Waals surface area contributed by atoms with Crippen molar-refractivity contribution in [2.75, 3.05) is 19.6 Å². The van der Waals surface area contributed by atoms with E-state index in [0.29, 0.717) is 6.54 Å². The van der Waals surface area contributed by atoms with Crippen LogP contribution in [0.5, 0.6) is 0 Å². The zero-order valence-electron chi connectivity index (χ0n) is 12.0. The molecule has 0 radical (unpaired) electrons. The van der Waals surface area contributed by atoms with Gasteiger partial charge in [-0.2, -0.15) is 0 Å². The van der Waals surface area contributed by atoms with Crippen LogP contribution < -0.4 is 5.73 Å². The molecule has 3 nitrogen and oxygen atoms in total. The van der Waals surface area contributed by atoms with Crippen LogP contribution in [0.15, 0.2) is 18.2 Å². The average molecular weight is 258 g/mol. The highest BCUT2D eigenvalue weighted by Gasteiger charge is 2.15. The number of carbonyl (C=O) groups is 1. The first-order chi connectivity index (χ1) is 9.13. The van der Waals surface area contributed by atoms with Crippen molar-refractivity contribution in [3.8, 4) is 11.8 Å². The largest absolute Gasteiger partial charge is 0.339 e. The van der Waals surface area contributed by atoms with E-state index in [1.54, 1.807) is 0 Å². The van der Waals surface area contributed by atoms with Crippen LogP contribution >= 0.6 is 0 Å². The first-order valence-electron chi connectivity index (χ1n) is 6.72. The number of nitrogens with zero attached hydrogens (tertiary/aromatic N) is 1. The van der Waals surface area contributed by atoms with Gasteiger partial charge in [-0.1, -0.05) is 24.8 Å². The van der Waals surface area contributed by atoms with E-state index < -0.39 is 0 Å². The molecule has 0 bridgehead atoms. The molecule has 0 saturated carbocycles. The SMILES string of the molecule is CCCN(CC)C(=O)c1cc(C#CCN)ccc1C. The van der Waals surface area contributed by atoms with Crippen LogP contribution in [0.1, 0.15) is 41.8 Å². The van der Waals surface area contributed by atoms with Crippen molar-refractivity contribution < 1.29 is 4.79 Å². The maximum Gasteiger partial charge on any atom is 0.254 e. The summed E-state index contributed by atoms with van der Waals surface area (Å²) >= 11 is 0. The molecule has 0 saturated heterocycles. The molecule has 0 aliphatic heterocycles. The quantitative estimate of drug-likeness (QED) is 0.841. The van der Waals surface area contributed by atoms with Gasteiger partial charge in [-0.3, -0.25) is 4.79 Å². The van der Waals surface area contributed by atoms with Crippen molar-refractivity contribution in [3.63, 3.8) is 0 Å². The van der Waals surface area contributed by atoms with Gasteiger partial charge in [0, 0.05) is 24.2 Å². The van der Waals surface area contributed by atoms with E-state index in [1.807, 2.05) is 36.9 Å². The number of nitrogens with two attached hydrogens (primary N) is 1.